The van der Waals surface area contributed by atoms with Gasteiger partial charge in [0.15, 0.2) is 0 Å². The Morgan fingerprint density at radius 1 is 1.14 bits per heavy atom. The van der Waals surface area contributed by atoms with E-state index in [0.29, 0.717) is 31.3 Å². The summed E-state index contributed by atoms with van der Waals surface area (Å²) in [5.41, 5.74) is 1.69. The second kappa shape index (κ2) is 8.27. The van der Waals surface area contributed by atoms with E-state index in [1.807, 2.05) is 83.4 Å². The van der Waals surface area contributed by atoms with Gasteiger partial charge < -0.3 is 18.9 Å². The van der Waals surface area contributed by atoms with Gasteiger partial charge in [-0.3, -0.25) is 4.79 Å². The number of aryl methyl sites for hydroxylation is 1. The Morgan fingerprint density at radius 3 is 2.68 bits per heavy atom. The van der Waals surface area contributed by atoms with Gasteiger partial charge in [0.1, 0.15) is 18.4 Å². The molecular formula is C22H23N3O3. The first-order chi connectivity index (χ1) is 13.7. The van der Waals surface area contributed by atoms with Crippen molar-refractivity contribution >= 4 is 5.91 Å². The van der Waals surface area contributed by atoms with Crippen LogP contribution in [0.4, 0.5) is 0 Å². The maximum atomic E-state index is 13.3. The molecule has 0 N–H and O–H groups in total. The van der Waals surface area contributed by atoms with Crippen molar-refractivity contribution in [3.63, 3.8) is 0 Å². The molecule has 1 aliphatic rings. The number of ether oxygens (including phenoxy) is 2. The summed E-state index contributed by atoms with van der Waals surface area (Å²) in [5, 5.41) is 0. The van der Waals surface area contributed by atoms with Gasteiger partial charge in [-0.25, -0.2) is 4.98 Å². The molecule has 144 valence electrons. The summed E-state index contributed by atoms with van der Waals surface area (Å²) >= 11 is 0. The van der Waals surface area contributed by atoms with Gasteiger partial charge in [0.25, 0.3) is 5.91 Å². The maximum absolute atomic E-state index is 13.3. The van der Waals surface area contributed by atoms with Crippen LogP contribution < -0.4 is 4.74 Å². The summed E-state index contributed by atoms with van der Waals surface area (Å²) in [7, 11) is 1.88. The molecule has 6 nitrogen and oxygen atoms in total. The van der Waals surface area contributed by atoms with Gasteiger partial charge in [0.2, 0.25) is 5.88 Å². The van der Waals surface area contributed by atoms with Crippen LogP contribution in [0.15, 0.2) is 73.1 Å². The molecular weight excluding hydrogens is 354 g/mol. The van der Waals surface area contributed by atoms with Crippen LogP contribution in [0.25, 0.3) is 0 Å². The second-order valence-corrected chi connectivity index (χ2v) is 6.75. The molecule has 0 radical (unpaired) electrons. The second-order valence-electron chi connectivity index (χ2n) is 6.75. The molecule has 0 aliphatic carbocycles. The molecule has 1 saturated heterocycles. The molecule has 1 aromatic carbocycles. The van der Waals surface area contributed by atoms with Gasteiger partial charge in [0, 0.05) is 32.1 Å². The van der Waals surface area contributed by atoms with Gasteiger partial charge in [-0.15, -0.1) is 0 Å². The largest absolute Gasteiger partial charge is 0.475 e. The third-order valence-corrected chi connectivity index (χ3v) is 4.95. The first-order valence-electron chi connectivity index (χ1n) is 9.37. The number of rotatable bonds is 5. The number of amides is 1. The van der Waals surface area contributed by atoms with Crippen LogP contribution in [0, 0.1) is 0 Å². The van der Waals surface area contributed by atoms with Crippen molar-refractivity contribution in [2.24, 2.45) is 7.05 Å². The van der Waals surface area contributed by atoms with E-state index in [4.69, 9.17) is 9.47 Å². The minimum absolute atomic E-state index is 0.00695. The number of hydrogen-bond donors (Lipinski definition) is 0. The van der Waals surface area contributed by atoms with Gasteiger partial charge >= 0.3 is 0 Å². The van der Waals surface area contributed by atoms with Crippen LogP contribution in [0.1, 0.15) is 22.1 Å². The average molecular weight is 377 g/mol. The zero-order valence-electron chi connectivity index (χ0n) is 15.8. The first kappa shape index (κ1) is 18.3. The number of hydrogen-bond acceptors (Lipinski definition) is 4. The van der Waals surface area contributed by atoms with Crippen molar-refractivity contribution < 1.29 is 14.3 Å². The van der Waals surface area contributed by atoms with Gasteiger partial charge in [0.05, 0.1) is 12.6 Å². The molecule has 6 heteroatoms. The van der Waals surface area contributed by atoms with Crippen LogP contribution in [0.5, 0.6) is 5.88 Å². The van der Waals surface area contributed by atoms with Crippen LogP contribution >= 0.6 is 0 Å². The molecule has 0 spiro atoms. The molecule has 2 aromatic heterocycles. The Hall–Kier alpha value is -3.12. The molecule has 1 amide bonds. The molecule has 1 fully saturated rings. The lowest BCUT2D eigenvalue weighted by Crippen LogP contribution is -2.50. The first-order valence-corrected chi connectivity index (χ1v) is 9.37. The van der Waals surface area contributed by atoms with Crippen LogP contribution in [0.3, 0.4) is 0 Å². The standard InChI is InChI=1S/C22H23N3O3/c1-24-13-7-10-18(24)22(26)25-14-15-27-19(16-28-20-11-5-6-12-23-20)21(25)17-8-3-2-4-9-17/h2-13,19,21H,14-16H2,1H3/t19-,21-/m0/s1. The Balaban J connectivity index is 1.61. The highest BCUT2D eigenvalue weighted by molar-refractivity contribution is 5.93. The molecule has 3 aromatic rings. The number of carbonyl (C=O) groups excluding carboxylic acids is 1. The minimum atomic E-state index is -0.289. The average Bonchev–Trinajstić information content (AvgIpc) is 3.18. The minimum Gasteiger partial charge on any atom is -0.475 e. The molecule has 0 bridgehead atoms. The van der Waals surface area contributed by atoms with Crippen molar-refractivity contribution in [3.05, 3.63) is 84.3 Å². The van der Waals surface area contributed by atoms with Gasteiger partial charge in [-0.2, -0.15) is 0 Å². The summed E-state index contributed by atoms with van der Waals surface area (Å²) < 4.78 is 13.7. The number of benzene rings is 1. The monoisotopic (exact) mass is 377 g/mol. The molecule has 28 heavy (non-hydrogen) atoms. The highest BCUT2D eigenvalue weighted by Gasteiger charge is 2.37. The molecule has 0 saturated carbocycles. The zero-order chi connectivity index (χ0) is 19.3. The van der Waals surface area contributed by atoms with Crippen LogP contribution in [-0.2, 0) is 11.8 Å². The van der Waals surface area contributed by atoms with E-state index in [0.717, 1.165) is 5.56 Å². The fourth-order valence-electron chi connectivity index (χ4n) is 3.58. The van der Waals surface area contributed by atoms with E-state index in [-0.39, 0.29) is 18.1 Å². The number of morpholine rings is 1. The Kier molecular flexibility index (Phi) is 5.39. The maximum Gasteiger partial charge on any atom is 0.271 e. The Labute approximate surface area is 164 Å². The summed E-state index contributed by atoms with van der Waals surface area (Å²) in [6.07, 6.45) is 3.28. The Morgan fingerprint density at radius 2 is 1.96 bits per heavy atom. The molecule has 2 atom stereocenters. The zero-order valence-corrected chi connectivity index (χ0v) is 15.8. The van der Waals surface area contributed by atoms with Gasteiger partial charge in [-0.05, 0) is 23.8 Å². The van der Waals surface area contributed by atoms with Crippen molar-refractivity contribution in [1.29, 1.82) is 0 Å². The predicted molar refractivity (Wildman–Crippen MR) is 105 cm³/mol. The number of pyridine rings is 1. The topological polar surface area (TPSA) is 56.6 Å². The molecule has 3 heterocycles. The van der Waals surface area contributed by atoms with E-state index in [1.165, 1.54) is 0 Å². The van der Waals surface area contributed by atoms with Crippen molar-refractivity contribution in [2.75, 3.05) is 19.8 Å². The molecule has 4 rings (SSSR count). The summed E-state index contributed by atoms with van der Waals surface area (Å²) in [6, 6.07) is 19.0. The fourth-order valence-corrected chi connectivity index (χ4v) is 3.58. The summed E-state index contributed by atoms with van der Waals surface area (Å²) in [6.45, 7) is 1.31. The number of aromatic nitrogens is 2. The van der Waals surface area contributed by atoms with Crippen molar-refractivity contribution in [1.82, 2.24) is 14.5 Å². The highest BCUT2D eigenvalue weighted by atomic mass is 16.5. The Bertz CT molecular complexity index is 911. The van der Waals surface area contributed by atoms with E-state index in [9.17, 15) is 4.79 Å². The van der Waals surface area contributed by atoms with E-state index < -0.39 is 0 Å². The van der Waals surface area contributed by atoms with E-state index in [2.05, 4.69) is 4.98 Å². The van der Waals surface area contributed by atoms with Gasteiger partial charge in [-0.1, -0.05) is 36.4 Å². The lowest BCUT2D eigenvalue weighted by atomic mass is 9.98. The highest BCUT2D eigenvalue weighted by Crippen LogP contribution is 2.31. The SMILES string of the molecule is Cn1cccc1C(=O)N1CCO[C@@H](COc2ccccn2)[C@@H]1c1ccccc1. The lowest BCUT2D eigenvalue weighted by Gasteiger charge is -2.41. The summed E-state index contributed by atoms with van der Waals surface area (Å²) in [5.74, 6) is 0.538. The lowest BCUT2D eigenvalue weighted by molar-refractivity contribution is -0.0776. The van der Waals surface area contributed by atoms with E-state index >= 15 is 0 Å². The van der Waals surface area contributed by atoms with Crippen LogP contribution in [-0.4, -0.2) is 46.2 Å². The predicted octanol–water partition coefficient (Wildman–Crippen LogP) is 3.08. The van der Waals surface area contributed by atoms with E-state index in [1.54, 1.807) is 6.20 Å². The third kappa shape index (κ3) is 3.77. The number of carbonyl (C=O) groups is 1. The van der Waals surface area contributed by atoms with Crippen molar-refractivity contribution in [2.45, 2.75) is 12.1 Å². The normalized spacial score (nSPS) is 19.4. The van der Waals surface area contributed by atoms with Crippen molar-refractivity contribution in [3.8, 4) is 5.88 Å². The quantitative estimate of drug-likeness (QED) is 0.686. The molecule has 0 unspecified atom stereocenters. The van der Waals surface area contributed by atoms with Crippen LogP contribution in [0.2, 0.25) is 0 Å². The fraction of sp³-hybridized carbons (Fsp3) is 0.273. The third-order valence-electron chi connectivity index (χ3n) is 4.95. The molecule has 1 aliphatic heterocycles. The summed E-state index contributed by atoms with van der Waals surface area (Å²) in [4.78, 5) is 19.4. The smallest absolute Gasteiger partial charge is 0.271 e. The number of nitrogens with zero attached hydrogens (tertiary/aromatic N) is 3.